The summed E-state index contributed by atoms with van der Waals surface area (Å²) in [4.78, 5) is 32.9. The highest BCUT2D eigenvalue weighted by Gasteiger charge is 2.65. The van der Waals surface area contributed by atoms with Gasteiger partial charge in [-0.25, -0.2) is 0 Å². The van der Waals surface area contributed by atoms with Crippen LogP contribution >= 0.6 is 0 Å². The minimum absolute atomic E-state index is 0.0661. The van der Waals surface area contributed by atoms with Gasteiger partial charge in [0.25, 0.3) is 0 Å². The number of amides is 2. The van der Waals surface area contributed by atoms with E-state index in [0.29, 0.717) is 0 Å². The number of carbonyl (C=O) groups excluding carboxylic acids is 2. The third-order valence-electron chi connectivity index (χ3n) is 3.05. The van der Waals surface area contributed by atoms with E-state index in [0.717, 1.165) is 0 Å². The van der Waals surface area contributed by atoms with Crippen molar-refractivity contribution in [3.63, 3.8) is 0 Å². The first kappa shape index (κ1) is 12.5. The van der Waals surface area contributed by atoms with Gasteiger partial charge in [-0.05, 0) is 5.41 Å². The standard InChI is InChI=1S/C10H16N2O4/c1-10(2)6(7(10)9(15)16)8(14)12-4-3-5(11)13/h6-7H,3-4H2,1-2H3,(H2,11,13)(H,12,14)(H,15,16). The lowest BCUT2D eigenvalue weighted by atomic mass is 10.1. The Hall–Kier alpha value is -1.59. The lowest BCUT2D eigenvalue weighted by molar-refractivity contribution is -0.140. The molecule has 6 heteroatoms. The molecule has 2 amide bonds. The minimum Gasteiger partial charge on any atom is -0.481 e. The zero-order valence-electron chi connectivity index (χ0n) is 9.32. The number of aliphatic carboxylic acids is 1. The quantitative estimate of drug-likeness (QED) is 0.580. The smallest absolute Gasteiger partial charge is 0.307 e. The van der Waals surface area contributed by atoms with Crippen molar-refractivity contribution in [3.8, 4) is 0 Å². The van der Waals surface area contributed by atoms with Gasteiger partial charge < -0.3 is 16.2 Å². The van der Waals surface area contributed by atoms with Gasteiger partial charge in [0.15, 0.2) is 0 Å². The van der Waals surface area contributed by atoms with Crippen LogP contribution in [0.1, 0.15) is 20.3 Å². The summed E-state index contributed by atoms with van der Waals surface area (Å²) in [6.07, 6.45) is 0.0661. The number of hydrogen-bond donors (Lipinski definition) is 3. The molecule has 0 heterocycles. The van der Waals surface area contributed by atoms with Crippen LogP contribution in [0.25, 0.3) is 0 Å². The Kier molecular flexibility index (Phi) is 3.21. The molecule has 1 rings (SSSR count). The summed E-state index contributed by atoms with van der Waals surface area (Å²) in [5, 5.41) is 11.4. The number of hydrogen-bond acceptors (Lipinski definition) is 3. The van der Waals surface area contributed by atoms with Gasteiger partial charge in [-0.15, -0.1) is 0 Å². The molecule has 0 spiro atoms. The van der Waals surface area contributed by atoms with E-state index in [1.54, 1.807) is 13.8 Å². The Balaban J connectivity index is 2.45. The molecule has 16 heavy (non-hydrogen) atoms. The van der Waals surface area contributed by atoms with Crippen LogP contribution in [0.4, 0.5) is 0 Å². The normalized spacial score (nSPS) is 25.9. The Morgan fingerprint density at radius 2 is 1.88 bits per heavy atom. The van der Waals surface area contributed by atoms with Crippen LogP contribution in [-0.4, -0.2) is 29.4 Å². The van der Waals surface area contributed by atoms with Crippen molar-refractivity contribution in [1.82, 2.24) is 5.32 Å². The first-order chi connectivity index (χ1) is 7.28. The van der Waals surface area contributed by atoms with Gasteiger partial charge in [-0.2, -0.15) is 0 Å². The third kappa shape index (κ3) is 2.32. The summed E-state index contributed by atoms with van der Waals surface area (Å²) in [5.41, 5.74) is 4.40. The van der Waals surface area contributed by atoms with E-state index in [2.05, 4.69) is 5.32 Å². The fraction of sp³-hybridized carbons (Fsp3) is 0.700. The zero-order chi connectivity index (χ0) is 12.5. The highest BCUT2D eigenvalue weighted by Crippen LogP contribution is 2.58. The number of primary amides is 1. The van der Waals surface area contributed by atoms with E-state index in [1.165, 1.54) is 0 Å². The predicted octanol–water partition coefficient (Wildman–Crippen LogP) is -0.665. The summed E-state index contributed by atoms with van der Waals surface area (Å²) >= 11 is 0. The average Bonchev–Trinajstić information content (AvgIpc) is 2.68. The molecule has 90 valence electrons. The molecule has 0 aromatic carbocycles. The van der Waals surface area contributed by atoms with Crippen molar-refractivity contribution in [3.05, 3.63) is 0 Å². The minimum atomic E-state index is -0.958. The van der Waals surface area contributed by atoms with Gasteiger partial charge in [-0.3, -0.25) is 14.4 Å². The summed E-state index contributed by atoms with van der Waals surface area (Å²) < 4.78 is 0. The van der Waals surface area contributed by atoms with E-state index < -0.39 is 29.1 Å². The first-order valence-corrected chi connectivity index (χ1v) is 5.07. The summed E-state index contributed by atoms with van der Waals surface area (Å²) in [6.45, 7) is 3.64. The van der Waals surface area contributed by atoms with Gasteiger partial charge in [-0.1, -0.05) is 13.8 Å². The molecule has 0 bridgehead atoms. The van der Waals surface area contributed by atoms with Crippen LogP contribution in [-0.2, 0) is 14.4 Å². The van der Waals surface area contributed by atoms with Crippen molar-refractivity contribution in [2.24, 2.45) is 23.0 Å². The first-order valence-electron chi connectivity index (χ1n) is 5.07. The van der Waals surface area contributed by atoms with Crippen LogP contribution in [0, 0.1) is 17.3 Å². The van der Waals surface area contributed by atoms with Crippen molar-refractivity contribution in [1.29, 1.82) is 0 Å². The monoisotopic (exact) mass is 228 g/mol. The Morgan fingerprint density at radius 1 is 1.31 bits per heavy atom. The largest absolute Gasteiger partial charge is 0.481 e. The van der Waals surface area contributed by atoms with Crippen LogP contribution in [0.15, 0.2) is 0 Å². The molecule has 0 saturated heterocycles. The highest BCUT2D eigenvalue weighted by atomic mass is 16.4. The summed E-state index contributed by atoms with van der Waals surface area (Å²) in [6, 6.07) is 0. The summed E-state index contributed by atoms with van der Waals surface area (Å²) in [5.74, 6) is -2.93. The molecule has 0 aromatic heterocycles. The Bertz CT molecular complexity index is 338. The number of carboxylic acids is 1. The molecular weight excluding hydrogens is 212 g/mol. The molecule has 1 saturated carbocycles. The number of nitrogens with two attached hydrogens (primary N) is 1. The lowest BCUT2D eigenvalue weighted by Crippen LogP contribution is -2.30. The van der Waals surface area contributed by atoms with Gasteiger partial charge in [0.2, 0.25) is 11.8 Å². The van der Waals surface area contributed by atoms with Crippen LogP contribution in [0.3, 0.4) is 0 Å². The molecule has 0 aromatic rings. The Morgan fingerprint density at radius 3 is 2.25 bits per heavy atom. The third-order valence-corrected chi connectivity index (χ3v) is 3.05. The van der Waals surface area contributed by atoms with Gasteiger partial charge >= 0.3 is 5.97 Å². The molecule has 1 aliphatic carbocycles. The van der Waals surface area contributed by atoms with Crippen LogP contribution in [0.5, 0.6) is 0 Å². The fourth-order valence-corrected chi connectivity index (χ4v) is 2.01. The maximum atomic E-state index is 11.6. The topological polar surface area (TPSA) is 109 Å². The van der Waals surface area contributed by atoms with Gasteiger partial charge in [0.05, 0.1) is 11.8 Å². The van der Waals surface area contributed by atoms with Crippen molar-refractivity contribution in [2.75, 3.05) is 6.54 Å². The molecule has 2 unspecified atom stereocenters. The van der Waals surface area contributed by atoms with Crippen molar-refractivity contribution < 1.29 is 19.5 Å². The average molecular weight is 228 g/mol. The molecule has 1 aliphatic rings. The van der Waals surface area contributed by atoms with E-state index >= 15 is 0 Å². The molecule has 6 nitrogen and oxygen atoms in total. The predicted molar refractivity (Wildman–Crippen MR) is 55.2 cm³/mol. The second-order valence-electron chi connectivity index (χ2n) is 4.62. The second kappa shape index (κ2) is 4.11. The van der Waals surface area contributed by atoms with Gasteiger partial charge in [0, 0.05) is 13.0 Å². The molecule has 0 aliphatic heterocycles. The second-order valence-corrected chi connectivity index (χ2v) is 4.62. The van der Waals surface area contributed by atoms with E-state index in [-0.39, 0.29) is 18.9 Å². The van der Waals surface area contributed by atoms with Crippen LogP contribution in [0.2, 0.25) is 0 Å². The van der Waals surface area contributed by atoms with Gasteiger partial charge in [0.1, 0.15) is 0 Å². The molecule has 1 fully saturated rings. The number of carbonyl (C=O) groups is 3. The molecule has 4 N–H and O–H groups in total. The molecule has 0 radical (unpaired) electrons. The fourth-order valence-electron chi connectivity index (χ4n) is 2.01. The molecular formula is C10H16N2O4. The molecule has 2 atom stereocenters. The maximum Gasteiger partial charge on any atom is 0.307 e. The van der Waals surface area contributed by atoms with E-state index in [1.807, 2.05) is 0 Å². The number of carboxylic acid groups (broad SMARTS) is 1. The van der Waals surface area contributed by atoms with E-state index in [9.17, 15) is 14.4 Å². The summed E-state index contributed by atoms with van der Waals surface area (Å²) in [7, 11) is 0. The number of rotatable bonds is 5. The highest BCUT2D eigenvalue weighted by molar-refractivity contribution is 5.91. The number of nitrogens with one attached hydrogen (secondary N) is 1. The van der Waals surface area contributed by atoms with Crippen molar-refractivity contribution in [2.45, 2.75) is 20.3 Å². The Labute approximate surface area is 93.2 Å². The van der Waals surface area contributed by atoms with E-state index in [4.69, 9.17) is 10.8 Å². The van der Waals surface area contributed by atoms with Crippen molar-refractivity contribution >= 4 is 17.8 Å². The SMILES string of the molecule is CC1(C)C(C(=O)O)C1C(=O)NCCC(N)=O. The zero-order valence-corrected chi connectivity index (χ0v) is 9.32. The lowest BCUT2D eigenvalue weighted by Gasteiger charge is -2.04. The maximum absolute atomic E-state index is 11.6. The van der Waals surface area contributed by atoms with Crippen LogP contribution < -0.4 is 11.1 Å².